The second-order valence-corrected chi connectivity index (χ2v) is 5.81. The zero-order chi connectivity index (χ0) is 17.1. The number of carbonyl (C=O) groups excluding carboxylic acids is 1. The molecule has 3 aromatic rings. The zero-order valence-electron chi connectivity index (χ0n) is 13.8. The summed E-state index contributed by atoms with van der Waals surface area (Å²) in [6, 6.07) is 7.01. The fourth-order valence-corrected chi connectivity index (χ4v) is 2.46. The van der Waals surface area contributed by atoms with Gasteiger partial charge in [-0.15, -0.1) is 5.10 Å². The molecular weight excluding hydrogens is 306 g/mol. The zero-order valence-corrected chi connectivity index (χ0v) is 13.8. The molecule has 0 fully saturated rings. The first kappa shape index (κ1) is 15.9. The Balaban J connectivity index is 2.13. The number of nitrogens with one attached hydrogen (secondary N) is 1. The van der Waals surface area contributed by atoms with Gasteiger partial charge in [-0.05, 0) is 30.2 Å². The Labute approximate surface area is 139 Å². The molecule has 24 heavy (non-hydrogen) atoms. The van der Waals surface area contributed by atoms with Crippen LogP contribution in [0.25, 0.3) is 17.3 Å². The Morgan fingerprint density at radius 3 is 2.58 bits per heavy atom. The summed E-state index contributed by atoms with van der Waals surface area (Å²) < 4.78 is 7.13. The average molecular weight is 325 g/mol. The molecule has 3 heterocycles. The maximum Gasteiger partial charge on any atom is 0.217 e. The molecule has 7 nitrogen and oxygen atoms in total. The van der Waals surface area contributed by atoms with Crippen molar-refractivity contribution in [2.75, 3.05) is 0 Å². The van der Waals surface area contributed by atoms with Gasteiger partial charge in [-0.25, -0.2) is 9.67 Å². The monoisotopic (exact) mass is 325 g/mol. The molecule has 0 aromatic carbocycles. The molecule has 0 spiro atoms. The van der Waals surface area contributed by atoms with Crippen LogP contribution < -0.4 is 5.32 Å². The van der Waals surface area contributed by atoms with Crippen LogP contribution in [0.15, 0.2) is 47.3 Å². The Kier molecular flexibility index (Phi) is 4.41. The Morgan fingerprint density at radius 2 is 2.00 bits per heavy atom. The molecule has 3 aromatic heterocycles. The molecule has 124 valence electrons. The summed E-state index contributed by atoms with van der Waals surface area (Å²) in [5.74, 6) is 1.73. The third-order valence-electron chi connectivity index (χ3n) is 3.58. The third kappa shape index (κ3) is 3.19. The molecule has 1 atom stereocenters. The third-order valence-corrected chi connectivity index (χ3v) is 3.58. The molecule has 0 saturated heterocycles. The van der Waals surface area contributed by atoms with Crippen molar-refractivity contribution in [3.63, 3.8) is 0 Å². The van der Waals surface area contributed by atoms with Crippen molar-refractivity contribution in [3.8, 4) is 17.3 Å². The van der Waals surface area contributed by atoms with Crippen molar-refractivity contribution in [2.45, 2.75) is 26.8 Å². The fourth-order valence-electron chi connectivity index (χ4n) is 2.46. The van der Waals surface area contributed by atoms with Gasteiger partial charge in [-0.2, -0.15) is 0 Å². The van der Waals surface area contributed by atoms with Gasteiger partial charge in [-0.3, -0.25) is 9.78 Å². The van der Waals surface area contributed by atoms with Crippen molar-refractivity contribution in [1.82, 2.24) is 25.1 Å². The fraction of sp³-hybridized carbons (Fsp3) is 0.294. The summed E-state index contributed by atoms with van der Waals surface area (Å²) in [5, 5.41) is 7.52. The van der Waals surface area contributed by atoms with E-state index in [-0.39, 0.29) is 17.9 Å². The summed E-state index contributed by atoms with van der Waals surface area (Å²) in [6.07, 6.45) is 4.96. The number of rotatable bonds is 5. The van der Waals surface area contributed by atoms with E-state index in [1.165, 1.54) is 6.92 Å². The predicted molar refractivity (Wildman–Crippen MR) is 88.3 cm³/mol. The minimum Gasteiger partial charge on any atom is -0.461 e. The first-order valence-electron chi connectivity index (χ1n) is 7.74. The average Bonchev–Trinajstić information content (AvgIpc) is 3.22. The Bertz CT molecular complexity index is 809. The molecular formula is C17H19N5O2. The van der Waals surface area contributed by atoms with Gasteiger partial charge >= 0.3 is 0 Å². The minimum atomic E-state index is -0.271. The molecule has 7 heteroatoms. The van der Waals surface area contributed by atoms with Crippen LogP contribution in [0.3, 0.4) is 0 Å². The molecule has 3 rings (SSSR count). The van der Waals surface area contributed by atoms with E-state index in [1.54, 1.807) is 35.5 Å². The van der Waals surface area contributed by atoms with Gasteiger partial charge in [0.2, 0.25) is 11.7 Å². The summed E-state index contributed by atoms with van der Waals surface area (Å²) >= 11 is 0. The highest BCUT2D eigenvalue weighted by Crippen LogP contribution is 2.26. The van der Waals surface area contributed by atoms with E-state index >= 15 is 0 Å². The number of hydrogen-bond acceptors (Lipinski definition) is 5. The number of nitrogens with zero attached hydrogens (tertiary/aromatic N) is 4. The summed E-state index contributed by atoms with van der Waals surface area (Å²) in [7, 11) is 0. The lowest BCUT2D eigenvalue weighted by atomic mass is 10.0. The van der Waals surface area contributed by atoms with Gasteiger partial charge in [0.25, 0.3) is 0 Å². The highest BCUT2D eigenvalue weighted by Gasteiger charge is 2.26. The van der Waals surface area contributed by atoms with Crippen molar-refractivity contribution in [1.29, 1.82) is 0 Å². The van der Waals surface area contributed by atoms with E-state index in [0.29, 0.717) is 17.4 Å². The number of hydrogen-bond donors (Lipinski definition) is 1. The van der Waals surface area contributed by atoms with Gasteiger partial charge in [0, 0.05) is 19.3 Å². The SMILES string of the molecule is CC(=O)NC(c1nc(-c2ccco2)nn1-c1ccncc1)C(C)C. The quantitative estimate of drug-likeness (QED) is 0.779. The normalized spacial score (nSPS) is 12.3. The standard InChI is InChI=1S/C17H19N5O2/c1-11(2)15(19-12(3)23)17-20-16(14-5-4-10-24-14)21-22(17)13-6-8-18-9-7-13/h4-11,15H,1-3H3,(H,19,23). The van der Waals surface area contributed by atoms with Crippen LogP contribution in [0.5, 0.6) is 0 Å². The lowest BCUT2D eigenvalue weighted by Crippen LogP contribution is -2.32. The number of pyridine rings is 1. The van der Waals surface area contributed by atoms with Crippen molar-refractivity contribution < 1.29 is 9.21 Å². The van der Waals surface area contributed by atoms with E-state index in [9.17, 15) is 4.79 Å². The van der Waals surface area contributed by atoms with Crippen LogP contribution in [0.1, 0.15) is 32.6 Å². The van der Waals surface area contributed by atoms with E-state index in [2.05, 4.69) is 20.4 Å². The second kappa shape index (κ2) is 6.66. The van der Waals surface area contributed by atoms with E-state index in [4.69, 9.17) is 4.42 Å². The van der Waals surface area contributed by atoms with Crippen molar-refractivity contribution >= 4 is 5.91 Å². The first-order valence-corrected chi connectivity index (χ1v) is 7.74. The molecule has 0 aliphatic carbocycles. The highest BCUT2D eigenvalue weighted by molar-refractivity contribution is 5.73. The molecule has 0 saturated carbocycles. The lowest BCUT2D eigenvalue weighted by Gasteiger charge is -2.21. The van der Waals surface area contributed by atoms with Crippen LogP contribution in [-0.4, -0.2) is 25.7 Å². The molecule has 0 aliphatic rings. The van der Waals surface area contributed by atoms with Gasteiger partial charge in [0.05, 0.1) is 18.0 Å². The minimum absolute atomic E-state index is 0.113. The van der Waals surface area contributed by atoms with Crippen LogP contribution in [0, 0.1) is 5.92 Å². The van der Waals surface area contributed by atoms with Crippen LogP contribution in [0.4, 0.5) is 0 Å². The van der Waals surface area contributed by atoms with Gasteiger partial charge in [0.15, 0.2) is 11.6 Å². The summed E-state index contributed by atoms with van der Waals surface area (Å²) in [6.45, 7) is 5.55. The highest BCUT2D eigenvalue weighted by atomic mass is 16.3. The number of carbonyl (C=O) groups is 1. The second-order valence-electron chi connectivity index (χ2n) is 5.81. The summed E-state index contributed by atoms with van der Waals surface area (Å²) in [4.78, 5) is 20.3. The molecule has 1 amide bonds. The molecule has 1 unspecified atom stereocenters. The van der Waals surface area contributed by atoms with Gasteiger partial charge in [0.1, 0.15) is 0 Å². The Morgan fingerprint density at radius 1 is 1.25 bits per heavy atom. The van der Waals surface area contributed by atoms with Crippen LogP contribution >= 0.6 is 0 Å². The number of amides is 1. The lowest BCUT2D eigenvalue weighted by molar-refractivity contribution is -0.120. The topological polar surface area (TPSA) is 85.8 Å². The molecule has 1 N–H and O–H groups in total. The van der Waals surface area contributed by atoms with Gasteiger partial charge < -0.3 is 9.73 Å². The molecule has 0 aliphatic heterocycles. The van der Waals surface area contributed by atoms with Crippen LogP contribution in [-0.2, 0) is 4.79 Å². The number of aromatic nitrogens is 4. The first-order chi connectivity index (χ1) is 11.6. The largest absolute Gasteiger partial charge is 0.461 e. The predicted octanol–water partition coefficient (Wildman–Crippen LogP) is 2.76. The van der Waals surface area contributed by atoms with Gasteiger partial charge in [-0.1, -0.05) is 13.8 Å². The maximum absolute atomic E-state index is 11.6. The maximum atomic E-state index is 11.6. The number of furan rings is 1. The van der Waals surface area contributed by atoms with E-state index < -0.39 is 0 Å². The molecule has 0 radical (unpaired) electrons. The van der Waals surface area contributed by atoms with Crippen molar-refractivity contribution in [3.05, 3.63) is 48.7 Å². The summed E-state index contributed by atoms with van der Waals surface area (Å²) in [5.41, 5.74) is 0.821. The van der Waals surface area contributed by atoms with Crippen molar-refractivity contribution in [2.24, 2.45) is 5.92 Å². The van der Waals surface area contributed by atoms with E-state index in [1.807, 2.05) is 26.0 Å². The molecule has 0 bridgehead atoms. The smallest absolute Gasteiger partial charge is 0.217 e. The Hall–Kier alpha value is -2.96. The van der Waals surface area contributed by atoms with Crippen LogP contribution in [0.2, 0.25) is 0 Å². The van der Waals surface area contributed by atoms with E-state index in [0.717, 1.165) is 5.69 Å².